The molecule has 1 aliphatic rings. The van der Waals surface area contributed by atoms with E-state index in [1.165, 1.54) is 25.1 Å². The van der Waals surface area contributed by atoms with Crippen LogP contribution < -0.4 is 0 Å². The van der Waals surface area contributed by atoms with E-state index < -0.39 is 0 Å². The van der Waals surface area contributed by atoms with Crippen molar-refractivity contribution in [2.75, 3.05) is 13.1 Å². The van der Waals surface area contributed by atoms with Gasteiger partial charge in [0.1, 0.15) is 0 Å². The third-order valence-electron chi connectivity index (χ3n) is 3.37. The van der Waals surface area contributed by atoms with Crippen LogP contribution in [0.3, 0.4) is 0 Å². The molecule has 1 aliphatic heterocycles. The van der Waals surface area contributed by atoms with Crippen LogP contribution in [-0.4, -0.2) is 18.0 Å². The van der Waals surface area contributed by atoms with Gasteiger partial charge in [0.25, 0.3) is 0 Å². The van der Waals surface area contributed by atoms with Crippen molar-refractivity contribution >= 4 is 23.2 Å². The first kappa shape index (κ1) is 12.2. The predicted molar refractivity (Wildman–Crippen MR) is 70.2 cm³/mol. The normalized spacial score (nSPS) is 23.6. The number of hydrogen-bond acceptors (Lipinski definition) is 1. The van der Waals surface area contributed by atoms with Crippen LogP contribution in [0.1, 0.15) is 31.9 Å². The maximum absolute atomic E-state index is 6.03. The number of halogens is 2. The summed E-state index contributed by atoms with van der Waals surface area (Å²) in [7, 11) is 0. The predicted octanol–water partition coefficient (Wildman–Crippen LogP) is 4.40. The summed E-state index contributed by atoms with van der Waals surface area (Å²) in [6, 6.07) is 6.22. The van der Waals surface area contributed by atoms with E-state index >= 15 is 0 Å². The summed E-state index contributed by atoms with van der Waals surface area (Å²) in [6.45, 7) is 6.87. The summed E-state index contributed by atoms with van der Waals surface area (Å²) in [5, 5.41) is 1.45. The lowest BCUT2D eigenvalue weighted by Gasteiger charge is -2.24. The Morgan fingerprint density at radius 3 is 2.38 bits per heavy atom. The molecule has 1 heterocycles. The van der Waals surface area contributed by atoms with Gasteiger partial charge in [-0.1, -0.05) is 30.1 Å². The van der Waals surface area contributed by atoms with E-state index in [0.717, 1.165) is 16.0 Å². The van der Waals surface area contributed by atoms with Gasteiger partial charge in [0.2, 0.25) is 0 Å². The highest BCUT2D eigenvalue weighted by molar-refractivity contribution is 6.34. The minimum Gasteiger partial charge on any atom is -0.296 e. The lowest BCUT2D eigenvalue weighted by Crippen LogP contribution is -2.24. The molecule has 0 aliphatic carbocycles. The standard InChI is InChI=1S/C13H17Cl2N/c1-9-3-4-16(8-9)10(2)11-5-12(14)7-13(15)6-11/h5-7,9-10H,3-4,8H2,1-2H3/t9-,10-/m1/s1. The molecule has 2 rings (SSSR count). The van der Waals surface area contributed by atoms with E-state index in [1.54, 1.807) is 6.07 Å². The van der Waals surface area contributed by atoms with Gasteiger partial charge in [-0.3, -0.25) is 4.90 Å². The first-order valence-electron chi connectivity index (χ1n) is 5.76. The number of rotatable bonds is 2. The van der Waals surface area contributed by atoms with Crippen LogP contribution in [0, 0.1) is 5.92 Å². The second-order valence-corrected chi connectivity index (χ2v) is 5.64. The fourth-order valence-electron chi connectivity index (χ4n) is 2.35. The number of nitrogens with zero attached hydrogens (tertiary/aromatic N) is 1. The van der Waals surface area contributed by atoms with Crippen molar-refractivity contribution in [1.82, 2.24) is 4.90 Å². The fraction of sp³-hybridized carbons (Fsp3) is 0.538. The molecule has 0 bridgehead atoms. The van der Waals surface area contributed by atoms with Crippen molar-refractivity contribution in [1.29, 1.82) is 0 Å². The second-order valence-electron chi connectivity index (χ2n) is 4.77. The van der Waals surface area contributed by atoms with Crippen molar-refractivity contribution in [3.63, 3.8) is 0 Å². The largest absolute Gasteiger partial charge is 0.296 e. The molecule has 16 heavy (non-hydrogen) atoms. The summed E-state index contributed by atoms with van der Waals surface area (Å²) in [6.07, 6.45) is 1.29. The Labute approximate surface area is 107 Å². The third-order valence-corrected chi connectivity index (χ3v) is 3.81. The van der Waals surface area contributed by atoms with Crippen molar-refractivity contribution in [3.05, 3.63) is 33.8 Å². The maximum atomic E-state index is 6.03. The minimum absolute atomic E-state index is 0.404. The molecule has 3 heteroatoms. The quantitative estimate of drug-likeness (QED) is 0.760. The molecular formula is C13H17Cl2N. The molecule has 0 spiro atoms. The molecule has 0 saturated carbocycles. The smallest absolute Gasteiger partial charge is 0.0424 e. The molecule has 0 unspecified atom stereocenters. The topological polar surface area (TPSA) is 3.24 Å². The highest BCUT2D eigenvalue weighted by Gasteiger charge is 2.24. The average Bonchev–Trinajstić information content (AvgIpc) is 2.62. The molecule has 0 amide bonds. The Hall–Kier alpha value is -0.240. The zero-order valence-electron chi connectivity index (χ0n) is 9.71. The van der Waals surface area contributed by atoms with Crippen molar-refractivity contribution < 1.29 is 0 Å². The summed E-state index contributed by atoms with van der Waals surface area (Å²) < 4.78 is 0. The monoisotopic (exact) mass is 257 g/mol. The molecular weight excluding hydrogens is 241 g/mol. The van der Waals surface area contributed by atoms with Crippen molar-refractivity contribution in [2.45, 2.75) is 26.3 Å². The summed E-state index contributed by atoms with van der Waals surface area (Å²) in [5.74, 6) is 0.803. The Bertz CT molecular complexity index is 358. The molecule has 0 N–H and O–H groups in total. The Balaban J connectivity index is 2.17. The van der Waals surface area contributed by atoms with Gasteiger partial charge in [-0.2, -0.15) is 0 Å². The molecule has 1 fully saturated rings. The van der Waals surface area contributed by atoms with E-state index in [-0.39, 0.29) is 0 Å². The van der Waals surface area contributed by atoms with E-state index in [9.17, 15) is 0 Å². The molecule has 0 aromatic heterocycles. The van der Waals surface area contributed by atoms with Gasteiger partial charge in [0.05, 0.1) is 0 Å². The van der Waals surface area contributed by atoms with Gasteiger partial charge in [0.15, 0.2) is 0 Å². The Kier molecular flexibility index (Phi) is 3.78. The number of likely N-dealkylation sites (tertiary alicyclic amines) is 1. The van der Waals surface area contributed by atoms with Gasteiger partial charge >= 0.3 is 0 Å². The highest BCUT2D eigenvalue weighted by atomic mass is 35.5. The van der Waals surface area contributed by atoms with E-state index in [4.69, 9.17) is 23.2 Å². The molecule has 88 valence electrons. The van der Waals surface area contributed by atoms with Crippen LogP contribution in [0.2, 0.25) is 10.0 Å². The second kappa shape index (κ2) is 4.95. The molecule has 1 aromatic rings. The average molecular weight is 258 g/mol. The fourth-order valence-corrected chi connectivity index (χ4v) is 2.89. The van der Waals surface area contributed by atoms with Crippen molar-refractivity contribution in [2.24, 2.45) is 5.92 Å². The molecule has 1 saturated heterocycles. The van der Waals surface area contributed by atoms with E-state index in [2.05, 4.69) is 18.7 Å². The highest BCUT2D eigenvalue weighted by Crippen LogP contribution is 2.30. The number of hydrogen-bond donors (Lipinski definition) is 0. The Morgan fingerprint density at radius 1 is 1.25 bits per heavy atom. The lowest BCUT2D eigenvalue weighted by molar-refractivity contribution is 0.255. The van der Waals surface area contributed by atoms with Gasteiger partial charge in [-0.05, 0) is 49.6 Å². The minimum atomic E-state index is 0.404. The van der Waals surface area contributed by atoms with Gasteiger partial charge < -0.3 is 0 Å². The summed E-state index contributed by atoms with van der Waals surface area (Å²) >= 11 is 12.1. The maximum Gasteiger partial charge on any atom is 0.0424 e. The zero-order chi connectivity index (χ0) is 11.7. The summed E-state index contributed by atoms with van der Waals surface area (Å²) in [5.41, 5.74) is 1.21. The first-order chi connectivity index (χ1) is 7.56. The van der Waals surface area contributed by atoms with Crippen LogP contribution in [-0.2, 0) is 0 Å². The Morgan fingerprint density at radius 2 is 1.88 bits per heavy atom. The van der Waals surface area contributed by atoms with Crippen LogP contribution in [0.5, 0.6) is 0 Å². The van der Waals surface area contributed by atoms with E-state index in [1.807, 2.05) is 12.1 Å². The third kappa shape index (κ3) is 2.71. The van der Waals surface area contributed by atoms with Crippen LogP contribution in [0.4, 0.5) is 0 Å². The van der Waals surface area contributed by atoms with Gasteiger partial charge in [-0.15, -0.1) is 0 Å². The number of benzene rings is 1. The molecule has 1 nitrogen and oxygen atoms in total. The van der Waals surface area contributed by atoms with Crippen LogP contribution in [0.25, 0.3) is 0 Å². The van der Waals surface area contributed by atoms with Crippen LogP contribution >= 0.6 is 23.2 Å². The van der Waals surface area contributed by atoms with Gasteiger partial charge in [0, 0.05) is 22.6 Å². The zero-order valence-corrected chi connectivity index (χ0v) is 11.2. The molecule has 2 atom stereocenters. The van der Waals surface area contributed by atoms with E-state index in [0.29, 0.717) is 6.04 Å². The SMILES string of the molecule is C[C@@H]1CCN([C@H](C)c2cc(Cl)cc(Cl)c2)C1. The van der Waals surface area contributed by atoms with Crippen molar-refractivity contribution in [3.8, 4) is 0 Å². The van der Waals surface area contributed by atoms with Crippen LogP contribution in [0.15, 0.2) is 18.2 Å². The lowest BCUT2D eigenvalue weighted by atomic mass is 10.1. The van der Waals surface area contributed by atoms with Gasteiger partial charge in [-0.25, -0.2) is 0 Å². The summed E-state index contributed by atoms with van der Waals surface area (Å²) in [4.78, 5) is 2.49. The molecule has 1 aromatic carbocycles. The molecule has 0 radical (unpaired) electrons. The first-order valence-corrected chi connectivity index (χ1v) is 6.52.